The van der Waals surface area contributed by atoms with Gasteiger partial charge in [0.25, 0.3) is 5.91 Å². The number of nitrogens with zero attached hydrogens (tertiary/aromatic N) is 2. The first kappa shape index (κ1) is 25.6. The van der Waals surface area contributed by atoms with Crippen LogP contribution >= 0.6 is 0 Å². The van der Waals surface area contributed by atoms with Gasteiger partial charge in [0.15, 0.2) is 0 Å². The zero-order chi connectivity index (χ0) is 25.1. The van der Waals surface area contributed by atoms with Crippen LogP contribution in [-0.2, 0) is 26.6 Å². The minimum atomic E-state index is -3.77. The van der Waals surface area contributed by atoms with Crippen LogP contribution in [0.5, 0.6) is 5.75 Å². The largest absolute Gasteiger partial charge is 0.495 e. The molecule has 9 nitrogen and oxygen atoms in total. The van der Waals surface area contributed by atoms with E-state index in [1.807, 2.05) is 0 Å². The van der Waals surface area contributed by atoms with E-state index in [9.17, 15) is 21.6 Å². The summed E-state index contributed by atoms with van der Waals surface area (Å²) in [6.07, 6.45) is 4.40. The van der Waals surface area contributed by atoms with Crippen molar-refractivity contribution in [2.75, 3.05) is 33.3 Å². The Morgan fingerprint density at radius 1 is 0.829 bits per heavy atom. The number of carbonyl (C=O) groups excluding carboxylic acids is 1. The summed E-state index contributed by atoms with van der Waals surface area (Å²) in [6, 6.07) is 10.8. The summed E-state index contributed by atoms with van der Waals surface area (Å²) in [7, 11) is -5.88. The summed E-state index contributed by atoms with van der Waals surface area (Å²) < 4.78 is 59.9. The van der Waals surface area contributed by atoms with Gasteiger partial charge < -0.3 is 10.1 Å². The normalized spacial score (nSPS) is 17.9. The van der Waals surface area contributed by atoms with Crippen LogP contribution < -0.4 is 10.1 Å². The van der Waals surface area contributed by atoms with E-state index in [4.69, 9.17) is 4.74 Å². The molecular formula is C24H31N3O6S2. The number of benzene rings is 2. The summed E-state index contributed by atoms with van der Waals surface area (Å²) >= 11 is 0. The Kier molecular flexibility index (Phi) is 7.80. The van der Waals surface area contributed by atoms with Crippen molar-refractivity contribution in [1.82, 2.24) is 13.9 Å². The molecule has 2 aromatic carbocycles. The van der Waals surface area contributed by atoms with Crippen LogP contribution in [0.1, 0.15) is 48.0 Å². The molecule has 0 aromatic heterocycles. The Morgan fingerprint density at radius 3 is 2.00 bits per heavy atom. The van der Waals surface area contributed by atoms with Gasteiger partial charge in [-0.2, -0.15) is 8.61 Å². The highest BCUT2D eigenvalue weighted by molar-refractivity contribution is 7.89. The van der Waals surface area contributed by atoms with Gasteiger partial charge in [-0.1, -0.05) is 18.6 Å². The molecule has 4 rings (SSSR count). The number of methoxy groups -OCH3 is 1. The molecule has 2 aliphatic heterocycles. The van der Waals surface area contributed by atoms with E-state index < -0.39 is 26.0 Å². The molecule has 0 atom stereocenters. The minimum Gasteiger partial charge on any atom is -0.495 e. The summed E-state index contributed by atoms with van der Waals surface area (Å²) in [5, 5.41) is 2.77. The molecular weight excluding hydrogens is 490 g/mol. The number of hydrogen-bond donors (Lipinski definition) is 1. The van der Waals surface area contributed by atoms with E-state index in [1.165, 1.54) is 33.9 Å². The highest BCUT2D eigenvalue weighted by Crippen LogP contribution is 2.30. The highest BCUT2D eigenvalue weighted by Gasteiger charge is 2.31. The monoisotopic (exact) mass is 521 g/mol. The third kappa shape index (κ3) is 5.53. The van der Waals surface area contributed by atoms with Gasteiger partial charge in [0.05, 0.1) is 12.0 Å². The van der Waals surface area contributed by atoms with Crippen LogP contribution in [0, 0.1) is 0 Å². The highest BCUT2D eigenvalue weighted by atomic mass is 32.2. The molecule has 35 heavy (non-hydrogen) atoms. The molecule has 0 bridgehead atoms. The van der Waals surface area contributed by atoms with E-state index >= 15 is 0 Å². The van der Waals surface area contributed by atoms with E-state index in [0.717, 1.165) is 37.7 Å². The average molecular weight is 522 g/mol. The van der Waals surface area contributed by atoms with Crippen molar-refractivity contribution in [3.05, 3.63) is 53.6 Å². The van der Waals surface area contributed by atoms with Crippen LogP contribution in [0.3, 0.4) is 0 Å². The molecule has 190 valence electrons. The maximum absolute atomic E-state index is 13.1. The van der Waals surface area contributed by atoms with Crippen molar-refractivity contribution in [3.8, 4) is 5.75 Å². The quantitative estimate of drug-likeness (QED) is 0.571. The summed E-state index contributed by atoms with van der Waals surface area (Å²) in [4.78, 5) is 13.0. The van der Waals surface area contributed by atoms with Crippen molar-refractivity contribution in [2.45, 2.75) is 48.4 Å². The van der Waals surface area contributed by atoms with E-state index in [0.29, 0.717) is 26.2 Å². The molecule has 0 radical (unpaired) electrons. The zero-order valence-corrected chi connectivity index (χ0v) is 21.4. The summed E-state index contributed by atoms with van der Waals surface area (Å²) in [5.74, 6) is -0.241. The molecule has 2 heterocycles. The second-order valence-electron chi connectivity index (χ2n) is 8.77. The molecule has 0 unspecified atom stereocenters. The molecule has 2 aliphatic rings. The first-order valence-electron chi connectivity index (χ1n) is 11.8. The van der Waals surface area contributed by atoms with Gasteiger partial charge in [-0.15, -0.1) is 0 Å². The molecule has 0 saturated carbocycles. The lowest BCUT2D eigenvalue weighted by Crippen LogP contribution is -2.35. The fourth-order valence-electron chi connectivity index (χ4n) is 4.41. The van der Waals surface area contributed by atoms with Crippen molar-refractivity contribution >= 4 is 26.0 Å². The number of rotatable bonds is 8. The first-order chi connectivity index (χ1) is 16.7. The summed E-state index contributed by atoms with van der Waals surface area (Å²) in [5.41, 5.74) is 0.933. The minimum absolute atomic E-state index is 0.0261. The van der Waals surface area contributed by atoms with Gasteiger partial charge in [0.2, 0.25) is 20.0 Å². The predicted molar refractivity (Wildman–Crippen MR) is 131 cm³/mol. The molecule has 1 N–H and O–H groups in total. The molecule has 2 saturated heterocycles. The Labute approximate surface area is 207 Å². The molecule has 1 amide bonds. The Balaban J connectivity index is 1.45. The maximum atomic E-state index is 13.1. The number of sulfonamides is 2. The number of nitrogens with one attached hydrogen (secondary N) is 1. The molecule has 2 fully saturated rings. The topological polar surface area (TPSA) is 113 Å². The van der Waals surface area contributed by atoms with Crippen molar-refractivity contribution in [1.29, 1.82) is 0 Å². The second kappa shape index (κ2) is 10.7. The predicted octanol–water partition coefficient (Wildman–Crippen LogP) is 2.58. The molecule has 0 spiro atoms. The van der Waals surface area contributed by atoms with E-state index in [1.54, 1.807) is 24.3 Å². The van der Waals surface area contributed by atoms with Crippen LogP contribution in [-0.4, -0.2) is 64.6 Å². The van der Waals surface area contributed by atoms with Gasteiger partial charge in [0.1, 0.15) is 10.6 Å². The van der Waals surface area contributed by atoms with E-state index in [-0.39, 0.29) is 27.6 Å². The third-order valence-electron chi connectivity index (χ3n) is 6.44. The Bertz CT molecular complexity index is 1260. The SMILES string of the molecule is COc1ccc(C(=O)NCc2ccc(S(=O)(=O)N3CCCCC3)cc2)cc1S(=O)(=O)N1CCCC1. The van der Waals surface area contributed by atoms with Crippen molar-refractivity contribution in [2.24, 2.45) is 0 Å². The maximum Gasteiger partial charge on any atom is 0.251 e. The lowest BCUT2D eigenvalue weighted by atomic mass is 10.2. The number of piperidine rings is 1. The van der Waals surface area contributed by atoms with Gasteiger partial charge >= 0.3 is 0 Å². The zero-order valence-electron chi connectivity index (χ0n) is 19.8. The number of ether oxygens (including phenoxy) is 1. The van der Waals surface area contributed by atoms with Crippen molar-refractivity contribution < 1.29 is 26.4 Å². The van der Waals surface area contributed by atoms with Gasteiger partial charge in [0, 0.05) is 38.3 Å². The van der Waals surface area contributed by atoms with Crippen LogP contribution in [0.15, 0.2) is 52.3 Å². The van der Waals surface area contributed by atoms with Gasteiger partial charge in [-0.25, -0.2) is 16.8 Å². The number of amides is 1. The molecule has 11 heteroatoms. The van der Waals surface area contributed by atoms with Crippen molar-refractivity contribution in [3.63, 3.8) is 0 Å². The molecule has 2 aromatic rings. The van der Waals surface area contributed by atoms with Gasteiger partial charge in [-0.05, 0) is 61.6 Å². The average Bonchev–Trinajstić information content (AvgIpc) is 3.44. The Hall–Kier alpha value is -2.47. The van der Waals surface area contributed by atoms with Crippen LogP contribution in [0.4, 0.5) is 0 Å². The lowest BCUT2D eigenvalue weighted by Gasteiger charge is -2.25. The summed E-state index contributed by atoms with van der Waals surface area (Å²) in [6.45, 7) is 2.15. The number of hydrogen-bond acceptors (Lipinski definition) is 6. The standard InChI is InChI=1S/C24H31N3O6S2/c1-33-22-12-9-20(17-23(22)35(31,32)27-15-5-6-16-27)24(28)25-18-19-7-10-21(11-8-19)34(29,30)26-13-3-2-4-14-26/h7-12,17H,2-6,13-16,18H2,1H3,(H,25,28). The van der Waals surface area contributed by atoms with E-state index in [2.05, 4.69) is 5.32 Å². The second-order valence-corrected chi connectivity index (χ2v) is 12.6. The first-order valence-corrected chi connectivity index (χ1v) is 14.7. The van der Waals surface area contributed by atoms with Gasteiger partial charge in [-0.3, -0.25) is 4.79 Å². The molecule has 0 aliphatic carbocycles. The fourth-order valence-corrected chi connectivity index (χ4v) is 7.62. The third-order valence-corrected chi connectivity index (χ3v) is 10.3. The number of carbonyl (C=O) groups is 1. The van der Waals surface area contributed by atoms with Crippen LogP contribution in [0.25, 0.3) is 0 Å². The van der Waals surface area contributed by atoms with Crippen LogP contribution in [0.2, 0.25) is 0 Å². The smallest absolute Gasteiger partial charge is 0.251 e. The fraction of sp³-hybridized carbons (Fsp3) is 0.458. The Morgan fingerprint density at radius 2 is 1.40 bits per heavy atom. The lowest BCUT2D eigenvalue weighted by molar-refractivity contribution is 0.0950.